The van der Waals surface area contributed by atoms with Crippen LogP contribution in [0.5, 0.6) is 0 Å². The van der Waals surface area contributed by atoms with E-state index in [1.807, 2.05) is 6.92 Å². The van der Waals surface area contributed by atoms with E-state index in [0.717, 1.165) is 6.42 Å². The summed E-state index contributed by atoms with van der Waals surface area (Å²) in [5.41, 5.74) is 0. The predicted molar refractivity (Wildman–Crippen MR) is 42.3 cm³/mol. The van der Waals surface area contributed by atoms with Gasteiger partial charge in [-0.1, -0.05) is 6.92 Å². The molecular formula is C6H13BNO3. The molecule has 0 bridgehead atoms. The van der Waals surface area contributed by atoms with E-state index in [0.29, 0.717) is 6.54 Å². The van der Waals surface area contributed by atoms with Gasteiger partial charge in [-0.05, 0) is 6.42 Å². The Hall–Kier alpha value is -0.545. The van der Waals surface area contributed by atoms with Crippen LogP contribution in [0.25, 0.3) is 0 Å². The lowest BCUT2D eigenvalue weighted by Gasteiger charge is -2.15. The molecule has 0 aliphatic heterocycles. The van der Waals surface area contributed by atoms with Crippen molar-refractivity contribution in [2.24, 2.45) is 0 Å². The molecule has 0 aromatic heterocycles. The molecule has 0 aromatic carbocycles. The molecule has 5 heteroatoms. The highest BCUT2D eigenvalue weighted by molar-refractivity contribution is 5.75. The summed E-state index contributed by atoms with van der Waals surface area (Å²) in [5, 5.41) is 9.73. The van der Waals surface area contributed by atoms with Crippen LogP contribution < -0.4 is 0 Å². The molecule has 0 amide bonds. The average molecular weight is 158 g/mol. The Balaban J connectivity index is 0. The summed E-state index contributed by atoms with van der Waals surface area (Å²) in [6, 6.07) is 0. The Bertz CT molecular complexity index is 110. The molecule has 0 spiro atoms. The van der Waals surface area contributed by atoms with E-state index in [1.165, 1.54) is 12.2 Å². The van der Waals surface area contributed by atoms with Gasteiger partial charge < -0.3 is 9.94 Å². The number of aliphatic carboxylic acids is 1. The van der Waals surface area contributed by atoms with Crippen LogP contribution in [0.15, 0.2) is 0 Å². The van der Waals surface area contributed by atoms with E-state index in [1.54, 1.807) is 0 Å². The Morgan fingerprint density at radius 2 is 2.18 bits per heavy atom. The molecule has 63 valence electrons. The van der Waals surface area contributed by atoms with Crippen molar-refractivity contribution in [3.05, 3.63) is 0 Å². The van der Waals surface area contributed by atoms with Crippen LogP contribution in [0.3, 0.4) is 0 Å². The van der Waals surface area contributed by atoms with Crippen LogP contribution >= 0.6 is 0 Å². The van der Waals surface area contributed by atoms with Crippen molar-refractivity contribution in [2.75, 3.05) is 20.2 Å². The minimum atomic E-state index is -0.865. The van der Waals surface area contributed by atoms with Gasteiger partial charge in [-0.2, -0.15) is 5.06 Å². The van der Waals surface area contributed by atoms with Gasteiger partial charge in [0.1, 0.15) is 6.54 Å². The lowest BCUT2D eigenvalue weighted by Crippen LogP contribution is -2.29. The summed E-state index contributed by atoms with van der Waals surface area (Å²) in [6.45, 7) is 2.57. The average Bonchev–Trinajstić information content (AvgIpc) is 1.86. The van der Waals surface area contributed by atoms with Gasteiger partial charge in [-0.15, -0.1) is 0 Å². The predicted octanol–water partition coefficient (Wildman–Crippen LogP) is -0.0364. The Kier molecular flexibility index (Phi) is 8.99. The summed E-state index contributed by atoms with van der Waals surface area (Å²) in [7, 11) is 1.47. The van der Waals surface area contributed by atoms with Crippen molar-refractivity contribution in [1.29, 1.82) is 0 Å². The van der Waals surface area contributed by atoms with Crippen molar-refractivity contribution in [1.82, 2.24) is 5.06 Å². The van der Waals surface area contributed by atoms with Crippen molar-refractivity contribution in [3.8, 4) is 0 Å². The van der Waals surface area contributed by atoms with Crippen molar-refractivity contribution >= 4 is 14.4 Å². The number of rotatable bonds is 5. The number of hydroxylamine groups is 2. The number of nitrogens with zero attached hydrogens (tertiary/aromatic N) is 1. The third-order valence-corrected chi connectivity index (χ3v) is 1.04. The van der Waals surface area contributed by atoms with Gasteiger partial charge in [-0.25, -0.2) is 0 Å². The molecule has 1 N–H and O–H groups in total. The molecule has 0 aliphatic rings. The molecule has 11 heavy (non-hydrogen) atoms. The highest BCUT2D eigenvalue weighted by Crippen LogP contribution is 1.89. The second-order valence-corrected chi connectivity index (χ2v) is 1.94. The van der Waals surface area contributed by atoms with Crippen molar-refractivity contribution in [2.45, 2.75) is 13.3 Å². The van der Waals surface area contributed by atoms with E-state index < -0.39 is 5.97 Å². The number of hydrogen-bond acceptors (Lipinski definition) is 3. The lowest BCUT2D eigenvalue weighted by molar-refractivity contribution is -0.163. The maximum Gasteiger partial charge on any atom is 0.320 e. The largest absolute Gasteiger partial charge is 0.480 e. The maximum atomic E-state index is 10.1. The first-order valence-corrected chi connectivity index (χ1v) is 3.21. The zero-order valence-corrected chi connectivity index (χ0v) is 6.91. The zero-order chi connectivity index (χ0) is 7.98. The number of hydrogen-bond donors (Lipinski definition) is 1. The first-order chi connectivity index (χ1) is 4.70. The molecule has 4 nitrogen and oxygen atoms in total. The first-order valence-electron chi connectivity index (χ1n) is 3.21. The van der Waals surface area contributed by atoms with Crippen LogP contribution in [0.2, 0.25) is 0 Å². The van der Waals surface area contributed by atoms with E-state index in [9.17, 15) is 4.79 Å². The molecule has 0 aliphatic carbocycles. The Labute approximate surface area is 68.7 Å². The maximum absolute atomic E-state index is 10.1. The fourth-order valence-corrected chi connectivity index (χ4v) is 0.635. The molecule has 0 unspecified atom stereocenters. The smallest absolute Gasteiger partial charge is 0.320 e. The number of carboxylic acids is 1. The van der Waals surface area contributed by atoms with Gasteiger partial charge in [0.25, 0.3) is 0 Å². The molecule has 0 aromatic rings. The van der Waals surface area contributed by atoms with Gasteiger partial charge in [-0.3, -0.25) is 4.79 Å². The molecule has 0 saturated carbocycles. The van der Waals surface area contributed by atoms with Gasteiger partial charge in [0.2, 0.25) is 0 Å². The summed E-state index contributed by atoms with van der Waals surface area (Å²) in [4.78, 5) is 14.9. The highest BCUT2D eigenvalue weighted by atomic mass is 16.7. The summed E-state index contributed by atoms with van der Waals surface area (Å²) in [5.74, 6) is -0.865. The summed E-state index contributed by atoms with van der Waals surface area (Å²) in [6.07, 6.45) is 0.890. The van der Waals surface area contributed by atoms with E-state index in [4.69, 9.17) is 9.94 Å². The molecule has 3 radical (unpaired) electrons. The van der Waals surface area contributed by atoms with E-state index >= 15 is 0 Å². The monoisotopic (exact) mass is 158 g/mol. The standard InChI is InChI=1S/C6H13NO3.B/c1-3-4-7(10-2)5-6(8)9;/h3-5H2,1-2H3,(H,8,9);. The third-order valence-electron chi connectivity index (χ3n) is 1.04. The second-order valence-electron chi connectivity index (χ2n) is 1.94. The quantitative estimate of drug-likeness (QED) is 0.450. The van der Waals surface area contributed by atoms with Crippen molar-refractivity contribution < 1.29 is 14.7 Å². The van der Waals surface area contributed by atoms with Crippen LogP contribution in [0.1, 0.15) is 13.3 Å². The topological polar surface area (TPSA) is 49.8 Å². The fourth-order valence-electron chi connectivity index (χ4n) is 0.635. The number of carboxylic acid groups (broad SMARTS) is 1. The van der Waals surface area contributed by atoms with E-state index in [-0.39, 0.29) is 15.0 Å². The summed E-state index contributed by atoms with van der Waals surface area (Å²) < 4.78 is 0. The fraction of sp³-hybridized carbons (Fsp3) is 0.833. The molecular weight excluding hydrogens is 145 g/mol. The van der Waals surface area contributed by atoms with Gasteiger partial charge in [0.15, 0.2) is 0 Å². The third kappa shape index (κ3) is 7.35. The molecule has 0 atom stereocenters. The van der Waals surface area contributed by atoms with Gasteiger partial charge >= 0.3 is 5.97 Å². The van der Waals surface area contributed by atoms with Crippen LogP contribution in [-0.4, -0.2) is 44.8 Å². The molecule has 0 rings (SSSR count). The minimum Gasteiger partial charge on any atom is -0.480 e. The second kappa shape index (κ2) is 7.56. The lowest BCUT2D eigenvalue weighted by atomic mass is 10.4. The van der Waals surface area contributed by atoms with Crippen LogP contribution in [-0.2, 0) is 9.63 Å². The molecule has 0 heterocycles. The van der Waals surface area contributed by atoms with E-state index in [2.05, 4.69) is 0 Å². The van der Waals surface area contributed by atoms with Crippen LogP contribution in [0.4, 0.5) is 0 Å². The SMILES string of the molecule is CCCN(CC(=O)O)OC.[B]. The minimum absolute atomic E-state index is 0. The molecule has 0 saturated heterocycles. The Morgan fingerprint density at radius 1 is 1.64 bits per heavy atom. The van der Waals surface area contributed by atoms with Crippen LogP contribution in [0, 0.1) is 0 Å². The van der Waals surface area contributed by atoms with Crippen molar-refractivity contribution in [3.63, 3.8) is 0 Å². The Morgan fingerprint density at radius 3 is 2.45 bits per heavy atom. The molecule has 0 fully saturated rings. The number of carbonyl (C=O) groups is 1. The normalized spacial score (nSPS) is 9.36. The van der Waals surface area contributed by atoms with Gasteiger partial charge in [0, 0.05) is 15.0 Å². The highest BCUT2D eigenvalue weighted by Gasteiger charge is 2.05. The zero-order valence-electron chi connectivity index (χ0n) is 6.91. The van der Waals surface area contributed by atoms with Gasteiger partial charge in [0.05, 0.1) is 7.11 Å². The first kappa shape index (κ1) is 13.1. The summed E-state index contributed by atoms with van der Waals surface area (Å²) >= 11 is 0.